The second-order valence-corrected chi connectivity index (χ2v) is 6.59. The first-order valence-electron chi connectivity index (χ1n) is 8.80. The Balaban J connectivity index is 2.02. The van der Waals surface area contributed by atoms with Gasteiger partial charge in [-0.1, -0.05) is 0 Å². The fourth-order valence-electron chi connectivity index (χ4n) is 2.65. The topological polar surface area (TPSA) is 100 Å². The second-order valence-electron chi connectivity index (χ2n) is 6.59. The zero-order valence-corrected chi connectivity index (χ0v) is 15.5. The number of amides is 1. The Morgan fingerprint density at radius 2 is 1.93 bits per heavy atom. The second kappa shape index (κ2) is 8.28. The number of rotatable bonds is 6. The van der Waals surface area contributed by atoms with Crippen molar-refractivity contribution in [3.63, 3.8) is 0 Å². The molecule has 3 N–H and O–H groups in total. The number of anilines is 1. The molecule has 3 aromatic rings. The van der Waals surface area contributed by atoms with E-state index in [2.05, 4.69) is 15.4 Å². The molecule has 0 fully saturated rings. The summed E-state index contributed by atoms with van der Waals surface area (Å²) in [6.45, 7) is 3.32. The van der Waals surface area contributed by atoms with Crippen LogP contribution in [0.4, 0.5) is 10.2 Å². The van der Waals surface area contributed by atoms with Crippen LogP contribution in [0, 0.1) is 5.82 Å². The van der Waals surface area contributed by atoms with Gasteiger partial charge in [0.25, 0.3) is 5.91 Å². The molecule has 2 heterocycles. The number of aliphatic hydroxyl groups is 2. The van der Waals surface area contributed by atoms with Crippen LogP contribution in [0.3, 0.4) is 0 Å². The Bertz CT molecular complexity index is 970. The van der Waals surface area contributed by atoms with Gasteiger partial charge in [0.1, 0.15) is 17.3 Å². The van der Waals surface area contributed by atoms with Gasteiger partial charge < -0.3 is 15.5 Å². The van der Waals surface area contributed by atoms with Gasteiger partial charge in [-0.3, -0.25) is 9.48 Å². The molecule has 0 aliphatic rings. The van der Waals surface area contributed by atoms with Gasteiger partial charge in [0, 0.05) is 29.6 Å². The molecular formula is C20H21FN4O3. The first-order valence-corrected chi connectivity index (χ1v) is 8.80. The molecule has 146 valence electrons. The predicted octanol–water partition coefficient (Wildman–Crippen LogP) is 2.62. The summed E-state index contributed by atoms with van der Waals surface area (Å²) in [5.74, 6) is -0.842. The number of aliphatic hydroxyl groups excluding tert-OH is 2. The van der Waals surface area contributed by atoms with E-state index in [1.54, 1.807) is 24.3 Å². The molecule has 0 aliphatic carbocycles. The van der Waals surface area contributed by atoms with E-state index in [4.69, 9.17) is 5.11 Å². The minimum Gasteiger partial charge on any atom is -0.393 e. The summed E-state index contributed by atoms with van der Waals surface area (Å²) in [5, 5.41) is 25.4. The van der Waals surface area contributed by atoms with Gasteiger partial charge >= 0.3 is 0 Å². The van der Waals surface area contributed by atoms with E-state index in [9.17, 15) is 14.3 Å². The van der Waals surface area contributed by atoms with Crippen LogP contribution in [0.25, 0.3) is 22.4 Å². The lowest BCUT2D eigenvalue weighted by Crippen LogP contribution is -2.30. The predicted molar refractivity (Wildman–Crippen MR) is 103 cm³/mol. The number of halogens is 1. The van der Waals surface area contributed by atoms with Crippen molar-refractivity contribution in [2.24, 2.45) is 0 Å². The molecule has 0 spiro atoms. The van der Waals surface area contributed by atoms with Crippen LogP contribution in [0.1, 0.15) is 19.9 Å². The summed E-state index contributed by atoms with van der Waals surface area (Å²) in [5.41, 5.74) is 2.97. The van der Waals surface area contributed by atoms with Crippen molar-refractivity contribution in [3.05, 3.63) is 54.6 Å². The minimum absolute atomic E-state index is 0.119. The molecule has 1 amide bonds. The highest BCUT2D eigenvalue weighted by Gasteiger charge is 2.17. The largest absolute Gasteiger partial charge is 0.393 e. The highest BCUT2D eigenvalue weighted by atomic mass is 19.1. The number of carbonyl (C=O) groups excluding carboxylic acids is 1. The van der Waals surface area contributed by atoms with Crippen molar-refractivity contribution in [2.45, 2.75) is 26.0 Å². The number of pyridine rings is 1. The SMILES string of the molecule is CC(C)n1cc(-c2ccnc(NC(=O)C(O)CO)c2)c(-c2ccc(F)cc2)n1. The van der Waals surface area contributed by atoms with Crippen LogP contribution in [-0.2, 0) is 4.79 Å². The lowest BCUT2D eigenvalue weighted by atomic mass is 10.0. The van der Waals surface area contributed by atoms with E-state index in [0.717, 1.165) is 16.7 Å². The third-order valence-electron chi connectivity index (χ3n) is 4.18. The van der Waals surface area contributed by atoms with Crippen LogP contribution >= 0.6 is 0 Å². The van der Waals surface area contributed by atoms with Crippen molar-refractivity contribution in [1.29, 1.82) is 0 Å². The molecule has 28 heavy (non-hydrogen) atoms. The molecule has 0 saturated heterocycles. The minimum atomic E-state index is -1.52. The van der Waals surface area contributed by atoms with Crippen molar-refractivity contribution < 1.29 is 19.4 Å². The summed E-state index contributed by atoms with van der Waals surface area (Å²) in [4.78, 5) is 15.9. The van der Waals surface area contributed by atoms with Gasteiger partial charge in [-0.2, -0.15) is 5.10 Å². The molecule has 8 heteroatoms. The Hall–Kier alpha value is -3.10. The molecule has 1 atom stereocenters. The number of hydrogen-bond acceptors (Lipinski definition) is 5. The van der Waals surface area contributed by atoms with Crippen molar-refractivity contribution in [1.82, 2.24) is 14.8 Å². The van der Waals surface area contributed by atoms with Gasteiger partial charge in [-0.25, -0.2) is 9.37 Å². The fraction of sp³-hybridized carbons (Fsp3) is 0.250. The number of nitrogens with zero attached hydrogens (tertiary/aromatic N) is 3. The number of nitrogens with one attached hydrogen (secondary N) is 1. The summed E-state index contributed by atoms with van der Waals surface area (Å²) < 4.78 is 15.1. The number of hydrogen-bond donors (Lipinski definition) is 3. The first kappa shape index (κ1) is 19.7. The van der Waals surface area contributed by atoms with Gasteiger partial charge in [-0.15, -0.1) is 0 Å². The number of aromatic nitrogens is 3. The van der Waals surface area contributed by atoms with Crippen LogP contribution in [0.15, 0.2) is 48.8 Å². The molecular weight excluding hydrogens is 363 g/mol. The smallest absolute Gasteiger partial charge is 0.256 e. The highest BCUT2D eigenvalue weighted by molar-refractivity contribution is 5.94. The highest BCUT2D eigenvalue weighted by Crippen LogP contribution is 2.32. The molecule has 1 aromatic carbocycles. The summed E-state index contributed by atoms with van der Waals surface area (Å²) in [6.07, 6.45) is 1.88. The molecule has 0 saturated carbocycles. The Morgan fingerprint density at radius 1 is 1.21 bits per heavy atom. The van der Waals surface area contributed by atoms with Gasteiger partial charge in [0.15, 0.2) is 6.10 Å². The molecule has 0 bridgehead atoms. The quantitative estimate of drug-likeness (QED) is 0.607. The lowest BCUT2D eigenvalue weighted by molar-refractivity contribution is -0.125. The Kier molecular flexibility index (Phi) is 5.81. The average Bonchev–Trinajstić information content (AvgIpc) is 3.14. The molecule has 3 rings (SSSR count). The van der Waals surface area contributed by atoms with E-state index in [1.165, 1.54) is 18.3 Å². The summed E-state index contributed by atoms with van der Waals surface area (Å²) in [6, 6.07) is 9.61. The zero-order valence-electron chi connectivity index (χ0n) is 15.5. The van der Waals surface area contributed by atoms with E-state index in [1.807, 2.05) is 24.7 Å². The van der Waals surface area contributed by atoms with E-state index in [-0.39, 0.29) is 17.7 Å². The molecule has 1 unspecified atom stereocenters. The van der Waals surface area contributed by atoms with Crippen LogP contribution in [-0.4, -0.2) is 43.6 Å². The molecule has 0 aliphatic heterocycles. The third kappa shape index (κ3) is 4.24. The van der Waals surface area contributed by atoms with Crippen LogP contribution in [0.5, 0.6) is 0 Å². The van der Waals surface area contributed by atoms with Gasteiger partial charge in [0.2, 0.25) is 0 Å². The van der Waals surface area contributed by atoms with E-state index < -0.39 is 18.6 Å². The van der Waals surface area contributed by atoms with Crippen molar-refractivity contribution >= 4 is 11.7 Å². The maximum Gasteiger partial charge on any atom is 0.256 e. The Labute approximate surface area is 161 Å². The zero-order chi connectivity index (χ0) is 20.3. The standard InChI is InChI=1S/C20H21FN4O3/c1-12(2)25-10-16(19(24-25)13-3-5-15(21)6-4-13)14-7-8-22-18(9-14)23-20(28)17(27)11-26/h3-10,12,17,26-27H,11H2,1-2H3,(H,22,23,28). The monoisotopic (exact) mass is 384 g/mol. The van der Waals surface area contributed by atoms with Gasteiger partial charge in [0.05, 0.1) is 6.61 Å². The van der Waals surface area contributed by atoms with Crippen molar-refractivity contribution in [3.8, 4) is 22.4 Å². The Morgan fingerprint density at radius 3 is 2.57 bits per heavy atom. The maximum absolute atomic E-state index is 13.3. The fourth-order valence-corrected chi connectivity index (χ4v) is 2.65. The summed E-state index contributed by atoms with van der Waals surface area (Å²) in [7, 11) is 0. The lowest BCUT2D eigenvalue weighted by Gasteiger charge is -2.09. The molecule has 2 aromatic heterocycles. The molecule has 0 radical (unpaired) electrons. The first-order chi connectivity index (χ1) is 13.4. The normalized spacial score (nSPS) is 12.2. The van der Waals surface area contributed by atoms with Crippen molar-refractivity contribution in [2.75, 3.05) is 11.9 Å². The average molecular weight is 384 g/mol. The third-order valence-corrected chi connectivity index (χ3v) is 4.18. The molecule has 7 nitrogen and oxygen atoms in total. The number of carbonyl (C=O) groups is 1. The van der Waals surface area contributed by atoms with Crippen LogP contribution in [0.2, 0.25) is 0 Å². The van der Waals surface area contributed by atoms with E-state index in [0.29, 0.717) is 5.69 Å². The number of benzene rings is 1. The van der Waals surface area contributed by atoms with Gasteiger partial charge in [-0.05, 0) is 55.8 Å². The van der Waals surface area contributed by atoms with E-state index >= 15 is 0 Å². The van der Waals surface area contributed by atoms with Crippen LogP contribution < -0.4 is 5.32 Å². The summed E-state index contributed by atoms with van der Waals surface area (Å²) >= 11 is 0. The maximum atomic E-state index is 13.3.